The maximum absolute atomic E-state index is 9.80. The van der Waals surface area contributed by atoms with Crippen molar-refractivity contribution in [3.8, 4) is 0 Å². The van der Waals surface area contributed by atoms with E-state index < -0.39 is 0 Å². The lowest BCUT2D eigenvalue weighted by Crippen LogP contribution is -2.25. The molecule has 1 N–H and O–H groups in total. The molecule has 0 aliphatic heterocycles. The van der Waals surface area contributed by atoms with Crippen molar-refractivity contribution in [1.29, 1.82) is 0 Å². The van der Waals surface area contributed by atoms with E-state index in [1.54, 1.807) is 0 Å². The number of aliphatic hydroxyl groups is 1. The fourth-order valence-corrected chi connectivity index (χ4v) is 1.56. The highest BCUT2D eigenvalue weighted by Gasteiger charge is 2.13. The Balaban J connectivity index is 2.26. The van der Waals surface area contributed by atoms with Gasteiger partial charge in [0.2, 0.25) is 0 Å². The third-order valence-electron chi connectivity index (χ3n) is 2.75. The summed E-state index contributed by atoms with van der Waals surface area (Å²) < 4.78 is 5.64. The van der Waals surface area contributed by atoms with Crippen molar-refractivity contribution in [3.05, 3.63) is 35.9 Å². The normalized spacial score (nSPS) is 14.7. The minimum absolute atomic E-state index is 0.0910. The summed E-state index contributed by atoms with van der Waals surface area (Å²) >= 11 is 0. The maximum Gasteiger partial charge on any atom is 0.0810 e. The van der Waals surface area contributed by atoms with E-state index in [4.69, 9.17) is 4.74 Å². The first-order valence-corrected chi connectivity index (χ1v) is 6.07. The fourth-order valence-electron chi connectivity index (χ4n) is 1.56. The van der Waals surface area contributed by atoms with E-state index in [-0.39, 0.29) is 12.2 Å². The molecule has 0 bridgehead atoms. The molecule has 2 heteroatoms. The first-order valence-electron chi connectivity index (χ1n) is 6.07. The SMILES string of the molecule is CCCC[C@@H](O)[C@H](C)OCc1ccccc1. The van der Waals surface area contributed by atoms with Crippen LogP contribution in [0, 0.1) is 0 Å². The van der Waals surface area contributed by atoms with Crippen LogP contribution in [-0.2, 0) is 11.3 Å². The molecule has 1 rings (SSSR count). The van der Waals surface area contributed by atoms with Crippen molar-refractivity contribution in [2.45, 2.75) is 51.9 Å². The molecule has 0 aromatic heterocycles. The summed E-state index contributed by atoms with van der Waals surface area (Å²) in [5.41, 5.74) is 1.15. The molecule has 0 heterocycles. The zero-order valence-electron chi connectivity index (χ0n) is 10.2. The second kappa shape index (κ2) is 7.42. The second-order valence-corrected chi connectivity index (χ2v) is 4.21. The summed E-state index contributed by atoms with van der Waals surface area (Å²) in [4.78, 5) is 0. The van der Waals surface area contributed by atoms with Gasteiger partial charge in [-0.15, -0.1) is 0 Å². The lowest BCUT2D eigenvalue weighted by molar-refractivity contribution is -0.0386. The van der Waals surface area contributed by atoms with Crippen molar-refractivity contribution in [2.24, 2.45) is 0 Å². The van der Waals surface area contributed by atoms with E-state index in [0.717, 1.165) is 24.8 Å². The average molecular weight is 222 g/mol. The van der Waals surface area contributed by atoms with E-state index in [1.807, 2.05) is 37.3 Å². The molecule has 0 aliphatic carbocycles. The molecule has 0 amide bonds. The first-order chi connectivity index (χ1) is 7.74. The van der Waals surface area contributed by atoms with Crippen LogP contribution in [0.1, 0.15) is 38.7 Å². The number of unbranched alkanes of at least 4 members (excludes halogenated alkanes) is 1. The highest BCUT2D eigenvalue weighted by Crippen LogP contribution is 2.10. The molecule has 0 aliphatic rings. The summed E-state index contributed by atoms with van der Waals surface area (Å²) in [6, 6.07) is 10.0. The molecule has 0 fully saturated rings. The molecule has 16 heavy (non-hydrogen) atoms. The maximum atomic E-state index is 9.80. The van der Waals surface area contributed by atoms with Crippen LogP contribution in [0.5, 0.6) is 0 Å². The molecule has 0 radical (unpaired) electrons. The molecule has 0 unspecified atom stereocenters. The van der Waals surface area contributed by atoms with Gasteiger partial charge >= 0.3 is 0 Å². The van der Waals surface area contributed by atoms with Gasteiger partial charge in [0.1, 0.15) is 0 Å². The number of hydrogen-bond acceptors (Lipinski definition) is 2. The van der Waals surface area contributed by atoms with E-state index in [0.29, 0.717) is 6.61 Å². The standard InChI is InChI=1S/C14H22O2/c1-3-4-10-14(15)12(2)16-11-13-8-6-5-7-9-13/h5-9,12,14-15H,3-4,10-11H2,1-2H3/t12-,14+/m0/s1. The molecule has 0 saturated carbocycles. The Bertz CT molecular complexity index is 271. The van der Waals surface area contributed by atoms with Gasteiger partial charge in [-0.3, -0.25) is 0 Å². The van der Waals surface area contributed by atoms with Crippen molar-refractivity contribution in [1.82, 2.24) is 0 Å². The Labute approximate surface area is 98.3 Å². The lowest BCUT2D eigenvalue weighted by atomic mass is 10.1. The summed E-state index contributed by atoms with van der Waals surface area (Å²) in [7, 11) is 0. The average Bonchev–Trinajstić information content (AvgIpc) is 2.34. The molecule has 90 valence electrons. The number of benzene rings is 1. The number of aliphatic hydroxyl groups excluding tert-OH is 1. The van der Waals surface area contributed by atoms with E-state index in [9.17, 15) is 5.11 Å². The van der Waals surface area contributed by atoms with Gasteiger partial charge < -0.3 is 9.84 Å². The van der Waals surface area contributed by atoms with Crippen LogP contribution in [0.3, 0.4) is 0 Å². The van der Waals surface area contributed by atoms with Crippen LogP contribution in [-0.4, -0.2) is 17.3 Å². The van der Waals surface area contributed by atoms with E-state index in [2.05, 4.69) is 6.92 Å². The van der Waals surface area contributed by atoms with Gasteiger partial charge in [-0.25, -0.2) is 0 Å². The quantitative estimate of drug-likeness (QED) is 0.768. The molecule has 0 saturated heterocycles. The van der Waals surface area contributed by atoms with Gasteiger partial charge in [0.05, 0.1) is 18.8 Å². The van der Waals surface area contributed by atoms with Crippen molar-refractivity contribution >= 4 is 0 Å². The Morgan fingerprint density at radius 3 is 2.56 bits per heavy atom. The van der Waals surface area contributed by atoms with Crippen molar-refractivity contribution < 1.29 is 9.84 Å². The lowest BCUT2D eigenvalue weighted by Gasteiger charge is -2.19. The minimum atomic E-state index is -0.344. The zero-order chi connectivity index (χ0) is 11.8. The van der Waals surface area contributed by atoms with Crippen LogP contribution >= 0.6 is 0 Å². The van der Waals surface area contributed by atoms with Gasteiger partial charge in [-0.2, -0.15) is 0 Å². The van der Waals surface area contributed by atoms with Crippen LogP contribution < -0.4 is 0 Å². The summed E-state index contributed by atoms with van der Waals surface area (Å²) in [6.45, 7) is 4.64. The van der Waals surface area contributed by atoms with Gasteiger partial charge in [0, 0.05) is 0 Å². The highest BCUT2D eigenvalue weighted by molar-refractivity contribution is 5.13. The fraction of sp³-hybridized carbons (Fsp3) is 0.571. The Kier molecular flexibility index (Phi) is 6.12. The van der Waals surface area contributed by atoms with Gasteiger partial charge in [0.15, 0.2) is 0 Å². The molecule has 1 aromatic rings. The van der Waals surface area contributed by atoms with Crippen molar-refractivity contribution in [3.63, 3.8) is 0 Å². The van der Waals surface area contributed by atoms with Crippen LogP contribution in [0.2, 0.25) is 0 Å². The van der Waals surface area contributed by atoms with Crippen molar-refractivity contribution in [2.75, 3.05) is 0 Å². The molecule has 2 atom stereocenters. The van der Waals surface area contributed by atoms with E-state index >= 15 is 0 Å². The van der Waals surface area contributed by atoms with Crippen LogP contribution in [0.15, 0.2) is 30.3 Å². The molecule has 2 nitrogen and oxygen atoms in total. The molecule has 0 spiro atoms. The largest absolute Gasteiger partial charge is 0.390 e. The Morgan fingerprint density at radius 2 is 1.94 bits per heavy atom. The highest BCUT2D eigenvalue weighted by atomic mass is 16.5. The molecule has 1 aromatic carbocycles. The van der Waals surface area contributed by atoms with Crippen LogP contribution in [0.25, 0.3) is 0 Å². The Hall–Kier alpha value is -0.860. The number of rotatable bonds is 7. The monoisotopic (exact) mass is 222 g/mol. The second-order valence-electron chi connectivity index (χ2n) is 4.21. The van der Waals surface area contributed by atoms with Gasteiger partial charge in [-0.1, -0.05) is 50.1 Å². The van der Waals surface area contributed by atoms with Gasteiger partial charge in [0.25, 0.3) is 0 Å². The number of hydrogen-bond donors (Lipinski definition) is 1. The van der Waals surface area contributed by atoms with Gasteiger partial charge in [-0.05, 0) is 18.9 Å². The predicted molar refractivity (Wildman–Crippen MR) is 66.2 cm³/mol. The minimum Gasteiger partial charge on any atom is -0.390 e. The zero-order valence-corrected chi connectivity index (χ0v) is 10.2. The third kappa shape index (κ3) is 4.77. The molecular weight excluding hydrogens is 200 g/mol. The first kappa shape index (κ1) is 13.2. The smallest absolute Gasteiger partial charge is 0.0810 e. The molecular formula is C14H22O2. The van der Waals surface area contributed by atoms with Crippen LogP contribution in [0.4, 0.5) is 0 Å². The third-order valence-corrected chi connectivity index (χ3v) is 2.75. The predicted octanol–water partition coefficient (Wildman–Crippen LogP) is 3.14. The summed E-state index contributed by atoms with van der Waals surface area (Å²) in [5, 5.41) is 9.80. The Morgan fingerprint density at radius 1 is 1.25 bits per heavy atom. The number of ether oxygens (including phenoxy) is 1. The topological polar surface area (TPSA) is 29.5 Å². The van der Waals surface area contributed by atoms with E-state index in [1.165, 1.54) is 0 Å². The summed E-state index contributed by atoms with van der Waals surface area (Å²) in [5.74, 6) is 0. The summed E-state index contributed by atoms with van der Waals surface area (Å²) in [6.07, 6.45) is 2.56.